The van der Waals surface area contributed by atoms with Gasteiger partial charge in [0.25, 0.3) is 0 Å². The van der Waals surface area contributed by atoms with Gasteiger partial charge in [0.05, 0.1) is 0 Å². The van der Waals surface area contributed by atoms with Crippen LogP contribution in [0.4, 0.5) is 13.2 Å². The molecule has 2 unspecified atom stereocenters. The van der Waals surface area contributed by atoms with Crippen molar-refractivity contribution in [1.82, 2.24) is 10.2 Å². The number of piperazine rings is 1. The van der Waals surface area contributed by atoms with Gasteiger partial charge < -0.3 is 5.32 Å². The highest BCUT2D eigenvalue weighted by Gasteiger charge is 2.22. The second kappa shape index (κ2) is 5.28. The highest BCUT2D eigenvalue weighted by molar-refractivity contribution is 5.20. The lowest BCUT2D eigenvalue weighted by atomic mass is 10.1. The van der Waals surface area contributed by atoms with E-state index in [1.54, 1.807) is 0 Å². The first-order chi connectivity index (χ1) is 8.45. The van der Waals surface area contributed by atoms with Crippen LogP contribution in [0, 0.1) is 17.5 Å². The lowest BCUT2D eigenvalue weighted by molar-refractivity contribution is 0.164. The molecule has 1 aromatic carbocycles. The summed E-state index contributed by atoms with van der Waals surface area (Å²) >= 11 is 0. The second-order valence-corrected chi connectivity index (χ2v) is 5.02. The third-order valence-electron chi connectivity index (χ3n) is 3.12. The van der Waals surface area contributed by atoms with Crippen LogP contribution in [0.2, 0.25) is 0 Å². The Morgan fingerprint density at radius 3 is 2.22 bits per heavy atom. The summed E-state index contributed by atoms with van der Waals surface area (Å²) in [6.07, 6.45) is 0. The Morgan fingerprint density at radius 2 is 1.61 bits per heavy atom. The van der Waals surface area contributed by atoms with Gasteiger partial charge in [0, 0.05) is 43.3 Å². The van der Waals surface area contributed by atoms with Crippen LogP contribution in [-0.2, 0) is 6.54 Å². The summed E-state index contributed by atoms with van der Waals surface area (Å²) in [5.74, 6) is -2.83. The number of halogens is 3. The molecule has 0 saturated carbocycles. The number of rotatable bonds is 2. The summed E-state index contributed by atoms with van der Waals surface area (Å²) in [4.78, 5) is 2.04. The third-order valence-corrected chi connectivity index (χ3v) is 3.12. The first-order valence-corrected chi connectivity index (χ1v) is 6.07. The van der Waals surface area contributed by atoms with Crippen LogP contribution >= 0.6 is 0 Å². The first-order valence-electron chi connectivity index (χ1n) is 6.07. The van der Waals surface area contributed by atoms with E-state index < -0.39 is 17.5 Å². The van der Waals surface area contributed by atoms with Gasteiger partial charge in [-0.3, -0.25) is 4.90 Å². The molecule has 1 N–H and O–H groups in total. The van der Waals surface area contributed by atoms with Crippen LogP contribution in [0.1, 0.15) is 19.4 Å². The zero-order chi connectivity index (χ0) is 13.3. The summed E-state index contributed by atoms with van der Waals surface area (Å²) < 4.78 is 39.4. The molecule has 1 aliphatic rings. The molecule has 0 aromatic heterocycles. The molecule has 0 bridgehead atoms. The van der Waals surface area contributed by atoms with E-state index in [4.69, 9.17) is 0 Å². The lowest BCUT2D eigenvalue weighted by Gasteiger charge is -2.36. The average Bonchev–Trinajstić information content (AvgIpc) is 2.24. The fraction of sp³-hybridized carbons (Fsp3) is 0.538. The Balaban J connectivity index is 2.11. The molecule has 18 heavy (non-hydrogen) atoms. The number of hydrogen-bond acceptors (Lipinski definition) is 2. The minimum atomic E-state index is -1.14. The Bertz CT molecular complexity index is 426. The maximum Gasteiger partial charge on any atom is 0.161 e. The van der Waals surface area contributed by atoms with Crippen molar-refractivity contribution in [3.63, 3.8) is 0 Å². The van der Waals surface area contributed by atoms with E-state index >= 15 is 0 Å². The van der Waals surface area contributed by atoms with Crippen LogP contribution < -0.4 is 5.32 Å². The van der Waals surface area contributed by atoms with Crippen LogP contribution in [0.15, 0.2) is 12.1 Å². The Labute approximate surface area is 105 Å². The highest BCUT2D eigenvalue weighted by Crippen LogP contribution is 2.17. The molecule has 100 valence electrons. The monoisotopic (exact) mass is 258 g/mol. The summed E-state index contributed by atoms with van der Waals surface area (Å²) in [6, 6.07) is 2.17. The number of benzene rings is 1. The minimum Gasteiger partial charge on any atom is -0.309 e. The number of hydrogen-bond donors (Lipinski definition) is 1. The van der Waals surface area contributed by atoms with Crippen LogP contribution in [0.25, 0.3) is 0 Å². The van der Waals surface area contributed by atoms with Crippen LogP contribution in [-0.4, -0.2) is 30.1 Å². The molecular formula is C13H17F3N2. The molecule has 0 amide bonds. The van der Waals surface area contributed by atoms with Gasteiger partial charge in [-0.1, -0.05) is 0 Å². The smallest absolute Gasteiger partial charge is 0.161 e. The lowest BCUT2D eigenvalue weighted by Crippen LogP contribution is -2.53. The van der Waals surface area contributed by atoms with Crippen molar-refractivity contribution in [2.45, 2.75) is 32.5 Å². The average molecular weight is 258 g/mol. The van der Waals surface area contributed by atoms with E-state index in [9.17, 15) is 13.2 Å². The van der Waals surface area contributed by atoms with Crippen molar-refractivity contribution >= 4 is 0 Å². The molecule has 2 nitrogen and oxygen atoms in total. The maximum atomic E-state index is 13.5. The molecule has 2 rings (SSSR count). The highest BCUT2D eigenvalue weighted by atomic mass is 19.2. The molecule has 1 fully saturated rings. The SMILES string of the molecule is CC1CN(Cc2cc(F)c(F)cc2F)CC(C)N1. The molecule has 0 radical (unpaired) electrons. The van der Waals surface area contributed by atoms with E-state index in [-0.39, 0.29) is 5.56 Å². The molecule has 1 aromatic rings. The molecular weight excluding hydrogens is 241 g/mol. The molecule has 0 spiro atoms. The van der Waals surface area contributed by atoms with Crippen LogP contribution in [0.3, 0.4) is 0 Å². The van der Waals surface area contributed by atoms with Gasteiger partial charge in [0.15, 0.2) is 11.6 Å². The van der Waals surface area contributed by atoms with Gasteiger partial charge in [-0.15, -0.1) is 0 Å². The van der Waals surface area contributed by atoms with Crippen LogP contribution in [0.5, 0.6) is 0 Å². The molecule has 0 aliphatic carbocycles. The van der Waals surface area contributed by atoms with Crippen molar-refractivity contribution in [2.75, 3.05) is 13.1 Å². The van der Waals surface area contributed by atoms with Crippen molar-refractivity contribution in [2.24, 2.45) is 0 Å². The van der Waals surface area contributed by atoms with Gasteiger partial charge in [0.2, 0.25) is 0 Å². The minimum absolute atomic E-state index is 0.204. The standard InChI is InChI=1S/C13H17F3N2/c1-8-5-18(6-9(2)17-8)7-10-3-12(15)13(16)4-11(10)14/h3-4,8-9,17H,5-7H2,1-2H3. The Hall–Kier alpha value is -1.07. The third kappa shape index (κ3) is 3.03. The van der Waals surface area contributed by atoms with E-state index in [0.29, 0.717) is 24.7 Å². The largest absolute Gasteiger partial charge is 0.309 e. The number of nitrogens with one attached hydrogen (secondary N) is 1. The van der Waals surface area contributed by atoms with Crippen molar-refractivity contribution in [1.29, 1.82) is 0 Å². The predicted octanol–water partition coefficient (Wildman–Crippen LogP) is 2.29. The predicted molar refractivity (Wildman–Crippen MR) is 63.7 cm³/mol. The molecule has 1 aliphatic heterocycles. The molecule has 5 heteroatoms. The van der Waals surface area contributed by atoms with E-state index in [0.717, 1.165) is 19.2 Å². The number of nitrogens with zero attached hydrogens (tertiary/aromatic N) is 1. The van der Waals surface area contributed by atoms with E-state index in [1.165, 1.54) is 0 Å². The van der Waals surface area contributed by atoms with Gasteiger partial charge in [-0.25, -0.2) is 13.2 Å². The summed E-state index contributed by atoms with van der Waals surface area (Å²) in [6.45, 7) is 5.93. The van der Waals surface area contributed by atoms with Crippen molar-refractivity contribution < 1.29 is 13.2 Å². The topological polar surface area (TPSA) is 15.3 Å². The molecule has 1 saturated heterocycles. The normalized spacial score (nSPS) is 25.4. The fourth-order valence-corrected chi connectivity index (χ4v) is 2.50. The Morgan fingerprint density at radius 1 is 1.06 bits per heavy atom. The Kier molecular flexibility index (Phi) is 3.92. The quantitative estimate of drug-likeness (QED) is 0.819. The zero-order valence-corrected chi connectivity index (χ0v) is 10.5. The summed E-state index contributed by atoms with van der Waals surface area (Å²) in [7, 11) is 0. The second-order valence-electron chi connectivity index (χ2n) is 5.02. The first kappa shape index (κ1) is 13.4. The fourth-order valence-electron chi connectivity index (χ4n) is 2.50. The van der Waals surface area contributed by atoms with E-state index in [2.05, 4.69) is 5.32 Å². The molecule has 1 heterocycles. The zero-order valence-electron chi connectivity index (χ0n) is 10.5. The van der Waals surface area contributed by atoms with Gasteiger partial charge in [-0.05, 0) is 19.9 Å². The van der Waals surface area contributed by atoms with Gasteiger partial charge >= 0.3 is 0 Å². The molecule has 2 atom stereocenters. The van der Waals surface area contributed by atoms with Gasteiger partial charge in [0.1, 0.15) is 5.82 Å². The summed E-state index contributed by atoms with van der Waals surface area (Å²) in [5.41, 5.74) is 0.204. The van der Waals surface area contributed by atoms with Gasteiger partial charge in [-0.2, -0.15) is 0 Å². The maximum absolute atomic E-state index is 13.5. The van der Waals surface area contributed by atoms with Crippen molar-refractivity contribution in [3.05, 3.63) is 35.1 Å². The summed E-state index contributed by atoms with van der Waals surface area (Å²) in [5, 5.41) is 3.36. The van der Waals surface area contributed by atoms with E-state index in [1.807, 2.05) is 18.7 Å². The van der Waals surface area contributed by atoms with Crippen molar-refractivity contribution in [3.8, 4) is 0 Å².